The van der Waals surface area contributed by atoms with Gasteiger partial charge in [0.1, 0.15) is 18.2 Å². The number of benzene rings is 1. The van der Waals surface area contributed by atoms with Crippen molar-refractivity contribution in [1.29, 1.82) is 0 Å². The molecule has 3 aliphatic rings. The molecule has 1 atom stereocenters. The van der Waals surface area contributed by atoms with Gasteiger partial charge in [-0.25, -0.2) is 9.18 Å². The first-order valence-corrected chi connectivity index (χ1v) is 8.40. The SMILES string of the molecule is O=C1CCC2=C1C(c1ccc(F)c(-c3ccco3)c1)C1=C(COC1=O)N2. The van der Waals surface area contributed by atoms with Gasteiger partial charge in [0, 0.05) is 23.6 Å². The molecule has 0 radical (unpaired) electrons. The summed E-state index contributed by atoms with van der Waals surface area (Å²) in [6.07, 6.45) is 2.50. The molecule has 1 N–H and O–H groups in total. The van der Waals surface area contributed by atoms with Crippen LogP contribution in [-0.4, -0.2) is 18.4 Å². The summed E-state index contributed by atoms with van der Waals surface area (Å²) in [5, 5.41) is 3.19. The van der Waals surface area contributed by atoms with Gasteiger partial charge in [0.05, 0.1) is 23.1 Å². The van der Waals surface area contributed by atoms with Gasteiger partial charge in [-0.3, -0.25) is 4.79 Å². The zero-order valence-electron chi connectivity index (χ0n) is 13.7. The molecule has 1 aliphatic carbocycles. The number of carbonyl (C=O) groups excluding carboxylic acids is 2. The molecule has 26 heavy (non-hydrogen) atoms. The van der Waals surface area contributed by atoms with Crippen LogP contribution in [0.5, 0.6) is 0 Å². The zero-order valence-corrected chi connectivity index (χ0v) is 13.7. The minimum atomic E-state index is -0.541. The number of furan rings is 1. The number of hydrogen-bond acceptors (Lipinski definition) is 5. The van der Waals surface area contributed by atoms with Crippen molar-refractivity contribution in [2.24, 2.45) is 0 Å². The summed E-state index contributed by atoms with van der Waals surface area (Å²) in [4.78, 5) is 24.8. The van der Waals surface area contributed by atoms with E-state index in [1.807, 2.05) is 0 Å². The van der Waals surface area contributed by atoms with Gasteiger partial charge >= 0.3 is 5.97 Å². The van der Waals surface area contributed by atoms with Crippen molar-refractivity contribution in [3.63, 3.8) is 0 Å². The molecule has 2 aliphatic heterocycles. The number of allylic oxidation sites excluding steroid dienone is 2. The fraction of sp³-hybridized carbons (Fsp3) is 0.200. The smallest absolute Gasteiger partial charge is 0.337 e. The van der Waals surface area contributed by atoms with E-state index in [0.29, 0.717) is 46.6 Å². The monoisotopic (exact) mass is 351 g/mol. The van der Waals surface area contributed by atoms with Crippen LogP contribution in [0.3, 0.4) is 0 Å². The van der Waals surface area contributed by atoms with Crippen LogP contribution in [0.2, 0.25) is 0 Å². The summed E-state index contributed by atoms with van der Waals surface area (Å²) < 4.78 is 24.8. The number of halogens is 1. The number of carbonyl (C=O) groups is 2. The Hall–Kier alpha value is -3.15. The molecule has 1 aromatic heterocycles. The molecule has 0 saturated heterocycles. The summed E-state index contributed by atoms with van der Waals surface area (Å²) in [5.74, 6) is -0.998. The third-order valence-electron chi connectivity index (χ3n) is 5.11. The predicted molar refractivity (Wildman–Crippen MR) is 89.2 cm³/mol. The maximum atomic E-state index is 14.3. The Kier molecular flexibility index (Phi) is 3.16. The van der Waals surface area contributed by atoms with Crippen molar-refractivity contribution in [3.8, 4) is 11.3 Å². The lowest BCUT2D eigenvalue weighted by atomic mass is 9.80. The number of cyclic esters (lactones) is 1. The predicted octanol–water partition coefficient (Wildman–Crippen LogP) is 3.20. The Labute approximate surface area is 148 Å². The van der Waals surface area contributed by atoms with Crippen molar-refractivity contribution in [1.82, 2.24) is 5.32 Å². The molecule has 6 heteroatoms. The van der Waals surface area contributed by atoms with Crippen LogP contribution < -0.4 is 5.32 Å². The van der Waals surface area contributed by atoms with Crippen molar-refractivity contribution in [2.75, 3.05) is 6.61 Å². The van der Waals surface area contributed by atoms with Gasteiger partial charge < -0.3 is 14.5 Å². The summed E-state index contributed by atoms with van der Waals surface area (Å²) >= 11 is 0. The highest BCUT2D eigenvalue weighted by molar-refractivity contribution is 6.05. The third-order valence-corrected chi connectivity index (χ3v) is 5.11. The van der Waals surface area contributed by atoms with E-state index in [-0.39, 0.29) is 12.4 Å². The van der Waals surface area contributed by atoms with Crippen LogP contribution in [0.4, 0.5) is 4.39 Å². The van der Waals surface area contributed by atoms with Crippen LogP contribution >= 0.6 is 0 Å². The molecule has 130 valence electrons. The molecule has 5 rings (SSSR count). The fourth-order valence-corrected chi connectivity index (χ4v) is 3.96. The molecular formula is C20H14FNO4. The Balaban J connectivity index is 1.70. The third kappa shape index (κ3) is 2.08. The summed E-state index contributed by atoms with van der Waals surface area (Å²) in [5.41, 5.74) is 3.52. The molecule has 2 aromatic rings. The first kappa shape index (κ1) is 15.1. The molecular weight excluding hydrogens is 337 g/mol. The zero-order chi connectivity index (χ0) is 17.8. The van der Waals surface area contributed by atoms with Gasteiger partial charge in [0.25, 0.3) is 0 Å². The highest BCUT2D eigenvalue weighted by Crippen LogP contribution is 2.45. The Bertz CT molecular complexity index is 976. The number of ketones is 1. The number of Topliss-reactive ketones (excluding diaryl/α,β-unsaturated/α-hetero) is 1. The maximum Gasteiger partial charge on any atom is 0.337 e. The largest absolute Gasteiger partial charge is 0.464 e. The summed E-state index contributed by atoms with van der Waals surface area (Å²) in [7, 11) is 0. The lowest BCUT2D eigenvalue weighted by Crippen LogP contribution is -2.26. The standard InChI is InChI=1S/C20H14FNO4/c21-12-4-3-10(8-11(12)16-2-1-7-25-16)17-18-13(5-6-15(18)23)22-14-9-26-20(24)19(14)17/h1-4,7-8,17,22H,5-6,9H2. The maximum absolute atomic E-state index is 14.3. The van der Waals surface area contributed by atoms with Crippen LogP contribution in [0, 0.1) is 5.82 Å². The lowest BCUT2D eigenvalue weighted by Gasteiger charge is -2.26. The van der Waals surface area contributed by atoms with Gasteiger partial charge in [-0.1, -0.05) is 6.07 Å². The van der Waals surface area contributed by atoms with Crippen molar-refractivity contribution >= 4 is 11.8 Å². The topological polar surface area (TPSA) is 68.5 Å². The summed E-state index contributed by atoms with van der Waals surface area (Å²) in [6.45, 7) is 0.169. The van der Waals surface area contributed by atoms with E-state index >= 15 is 0 Å². The average Bonchev–Trinajstić information content (AvgIpc) is 3.36. The van der Waals surface area contributed by atoms with E-state index in [2.05, 4.69) is 5.32 Å². The second kappa shape index (κ2) is 5.42. The van der Waals surface area contributed by atoms with Gasteiger partial charge in [0.2, 0.25) is 0 Å². The van der Waals surface area contributed by atoms with Crippen molar-refractivity contribution < 1.29 is 23.1 Å². The van der Waals surface area contributed by atoms with Gasteiger partial charge in [-0.15, -0.1) is 0 Å². The molecule has 0 bridgehead atoms. The molecule has 0 amide bonds. The van der Waals surface area contributed by atoms with Crippen molar-refractivity contribution in [3.05, 3.63) is 70.5 Å². The minimum absolute atomic E-state index is 0.00706. The number of rotatable bonds is 2. The van der Waals surface area contributed by atoms with Gasteiger partial charge in [-0.2, -0.15) is 0 Å². The quantitative estimate of drug-likeness (QED) is 0.842. The summed E-state index contributed by atoms with van der Waals surface area (Å²) in [6, 6.07) is 7.96. The van der Waals surface area contributed by atoms with E-state index < -0.39 is 17.7 Å². The molecule has 3 heterocycles. The molecule has 5 nitrogen and oxygen atoms in total. The molecule has 0 saturated carbocycles. The van der Waals surface area contributed by atoms with Gasteiger partial charge in [-0.05, 0) is 36.2 Å². The number of hydrogen-bond donors (Lipinski definition) is 1. The number of ether oxygens (including phenoxy) is 1. The fourth-order valence-electron chi connectivity index (χ4n) is 3.96. The second-order valence-corrected chi connectivity index (χ2v) is 6.56. The molecule has 0 fully saturated rings. The Morgan fingerprint density at radius 1 is 1.08 bits per heavy atom. The first-order valence-electron chi connectivity index (χ1n) is 8.40. The normalized spacial score (nSPS) is 21.7. The average molecular weight is 351 g/mol. The lowest BCUT2D eigenvalue weighted by molar-refractivity contribution is -0.136. The van der Waals surface area contributed by atoms with E-state index in [4.69, 9.17) is 9.15 Å². The Morgan fingerprint density at radius 3 is 2.77 bits per heavy atom. The molecule has 1 aromatic carbocycles. The van der Waals surface area contributed by atoms with Crippen LogP contribution in [-0.2, 0) is 14.3 Å². The molecule has 1 unspecified atom stereocenters. The number of dihydropyridines is 1. The van der Waals surface area contributed by atoms with E-state index in [9.17, 15) is 14.0 Å². The first-order chi connectivity index (χ1) is 12.6. The molecule has 0 spiro atoms. The van der Waals surface area contributed by atoms with E-state index in [1.54, 1.807) is 24.3 Å². The number of esters is 1. The van der Waals surface area contributed by atoms with Crippen LogP contribution in [0.1, 0.15) is 24.3 Å². The Morgan fingerprint density at radius 2 is 1.96 bits per heavy atom. The second-order valence-electron chi connectivity index (χ2n) is 6.56. The number of nitrogens with one attached hydrogen (secondary N) is 1. The van der Waals surface area contributed by atoms with Crippen LogP contribution in [0.15, 0.2) is 63.6 Å². The highest BCUT2D eigenvalue weighted by atomic mass is 19.1. The van der Waals surface area contributed by atoms with Crippen molar-refractivity contribution in [2.45, 2.75) is 18.8 Å². The van der Waals surface area contributed by atoms with E-state index in [0.717, 1.165) is 5.70 Å². The highest BCUT2D eigenvalue weighted by Gasteiger charge is 2.43. The van der Waals surface area contributed by atoms with E-state index in [1.165, 1.54) is 12.3 Å². The minimum Gasteiger partial charge on any atom is -0.464 e. The van der Waals surface area contributed by atoms with Gasteiger partial charge in [0.15, 0.2) is 5.78 Å². The van der Waals surface area contributed by atoms with Crippen LogP contribution in [0.25, 0.3) is 11.3 Å².